The lowest BCUT2D eigenvalue weighted by Crippen LogP contribution is -2.40. The first-order chi connectivity index (χ1) is 9.65. The first kappa shape index (κ1) is 14.3. The minimum absolute atomic E-state index is 0.375. The molecule has 1 aromatic heterocycles. The van der Waals surface area contributed by atoms with Crippen LogP contribution in [0, 0.1) is 3.77 Å². The number of amides is 2. The zero-order chi connectivity index (χ0) is 14.4. The summed E-state index contributed by atoms with van der Waals surface area (Å²) in [6.45, 7) is 0. The van der Waals surface area contributed by atoms with Crippen LogP contribution in [0.2, 0.25) is 0 Å². The minimum Gasteiger partial charge on any atom is -0.451 e. The Labute approximate surface area is 129 Å². The maximum atomic E-state index is 11.7. The van der Waals surface area contributed by atoms with E-state index >= 15 is 0 Å². The normalized spacial score (nSPS) is 10.4. The number of rotatable bonds is 3. The number of hydrazine groups is 1. The molecular weight excluding hydrogens is 371 g/mol. The number of furan rings is 1. The van der Waals surface area contributed by atoms with Crippen LogP contribution in [0.5, 0.6) is 0 Å². The van der Waals surface area contributed by atoms with Crippen LogP contribution in [0.25, 0.3) is 6.08 Å². The molecule has 0 aliphatic carbocycles. The molecule has 2 aromatic rings. The zero-order valence-electron chi connectivity index (χ0n) is 10.3. The SMILES string of the molecule is O=C(C=Cc1ccc(I)o1)NNC(=O)c1ccccc1. The molecule has 20 heavy (non-hydrogen) atoms. The van der Waals surface area contributed by atoms with Crippen LogP contribution < -0.4 is 10.9 Å². The van der Waals surface area contributed by atoms with Gasteiger partial charge in [-0.05, 0) is 52.9 Å². The van der Waals surface area contributed by atoms with Gasteiger partial charge >= 0.3 is 0 Å². The molecule has 0 bridgehead atoms. The lowest BCUT2D eigenvalue weighted by molar-refractivity contribution is -0.117. The highest BCUT2D eigenvalue weighted by Crippen LogP contribution is 2.11. The van der Waals surface area contributed by atoms with Crippen LogP contribution in [-0.4, -0.2) is 11.8 Å². The molecule has 2 N–H and O–H groups in total. The fraction of sp³-hybridized carbons (Fsp3) is 0. The van der Waals surface area contributed by atoms with Crippen LogP contribution in [0.15, 0.2) is 53.0 Å². The van der Waals surface area contributed by atoms with Gasteiger partial charge in [0.15, 0.2) is 3.77 Å². The van der Waals surface area contributed by atoms with Gasteiger partial charge in [0.05, 0.1) is 0 Å². The van der Waals surface area contributed by atoms with Gasteiger partial charge in [0.1, 0.15) is 5.76 Å². The largest absolute Gasteiger partial charge is 0.451 e. The summed E-state index contributed by atoms with van der Waals surface area (Å²) in [6, 6.07) is 12.1. The average Bonchev–Trinajstić information content (AvgIpc) is 2.89. The summed E-state index contributed by atoms with van der Waals surface area (Å²) in [5, 5.41) is 0. The van der Waals surface area contributed by atoms with Crippen molar-refractivity contribution in [3.05, 3.63) is 63.6 Å². The fourth-order valence-electron chi connectivity index (χ4n) is 1.40. The Morgan fingerprint density at radius 3 is 2.45 bits per heavy atom. The molecule has 0 aliphatic rings. The summed E-state index contributed by atoms with van der Waals surface area (Å²) in [7, 11) is 0. The molecule has 102 valence electrons. The summed E-state index contributed by atoms with van der Waals surface area (Å²) < 4.78 is 6.00. The first-order valence-corrected chi connectivity index (χ1v) is 6.82. The third kappa shape index (κ3) is 4.23. The van der Waals surface area contributed by atoms with E-state index in [1.165, 1.54) is 12.2 Å². The van der Waals surface area contributed by atoms with Gasteiger partial charge in [-0.25, -0.2) is 0 Å². The van der Waals surface area contributed by atoms with E-state index in [1.807, 2.05) is 28.7 Å². The van der Waals surface area contributed by atoms with Crippen molar-refractivity contribution in [1.82, 2.24) is 10.9 Å². The van der Waals surface area contributed by atoms with Crippen molar-refractivity contribution in [1.29, 1.82) is 0 Å². The Morgan fingerprint density at radius 1 is 1.05 bits per heavy atom. The van der Waals surface area contributed by atoms with E-state index in [0.717, 1.165) is 3.77 Å². The third-order valence-corrected chi connectivity index (χ3v) is 2.91. The van der Waals surface area contributed by atoms with E-state index in [4.69, 9.17) is 4.42 Å². The molecule has 2 amide bonds. The molecule has 0 radical (unpaired) electrons. The number of hydrogen-bond acceptors (Lipinski definition) is 3. The van der Waals surface area contributed by atoms with Crippen molar-refractivity contribution in [3.63, 3.8) is 0 Å². The smallest absolute Gasteiger partial charge is 0.269 e. The molecule has 5 nitrogen and oxygen atoms in total. The van der Waals surface area contributed by atoms with Crippen molar-refractivity contribution < 1.29 is 14.0 Å². The van der Waals surface area contributed by atoms with E-state index in [-0.39, 0.29) is 5.91 Å². The molecule has 0 atom stereocenters. The molecule has 6 heteroatoms. The Morgan fingerprint density at radius 2 is 1.80 bits per heavy atom. The maximum absolute atomic E-state index is 11.7. The third-order valence-electron chi connectivity index (χ3n) is 2.33. The molecule has 0 saturated heterocycles. The molecular formula is C14H11IN2O3. The summed E-state index contributed by atoms with van der Waals surface area (Å²) in [4.78, 5) is 23.2. The number of halogens is 1. The highest BCUT2D eigenvalue weighted by Gasteiger charge is 2.04. The predicted octanol–water partition coefficient (Wildman–Crippen LogP) is 2.36. The topological polar surface area (TPSA) is 71.3 Å². The molecule has 0 spiro atoms. The van der Waals surface area contributed by atoms with Crippen molar-refractivity contribution in [2.24, 2.45) is 0 Å². The van der Waals surface area contributed by atoms with Gasteiger partial charge in [-0.15, -0.1) is 0 Å². The quantitative estimate of drug-likeness (QED) is 0.487. The standard InChI is InChI=1S/C14H11IN2O3/c15-12-8-6-11(20-12)7-9-13(18)16-17-14(19)10-4-2-1-3-5-10/h1-9H,(H,16,18)(H,17,19). The Hall–Kier alpha value is -2.09. The van der Waals surface area contributed by atoms with E-state index < -0.39 is 5.91 Å². The zero-order valence-corrected chi connectivity index (χ0v) is 12.5. The van der Waals surface area contributed by atoms with Crippen molar-refractivity contribution in [3.8, 4) is 0 Å². The van der Waals surface area contributed by atoms with Crippen molar-refractivity contribution in [2.45, 2.75) is 0 Å². The van der Waals surface area contributed by atoms with E-state index in [1.54, 1.807) is 36.4 Å². The van der Waals surface area contributed by atoms with Gasteiger partial charge in [0, 0.05) is 11.6 Å². The van der Waals surface area contributed by atoms with Gasteiger partial charge in [-0.2, -0.15) is 0 Å². The molecule has 1 aromatic carbocycles. The van der Waals surface area contributed by atoms with Crippen LogP contribution >= 0.6 is 22.6 Å². The maximum Gasteiger partial charge on any atom is 0.269 e. The highest BCUT2D eigenvalue weighted by atomic mass is 127. The molecule has 0 saturated carbocycles. The van der Waals surface area contributed by atoms with Gasteiger partial charge in [0.25, 0.3) is 11.8 Å². The molecule has 0 unspecified atom stereocenters. The molecule has 0 fully saturated rings. The Bertz CT molecular complexity index is 635. The van der Waals surface area contributed by atoms with Crippen molar-refractivity contribution >= 4 is 40.5 Å². The summed E-state index contributed by atoms with van der Waals surface area (Å²) in [6.07, 6.45) is 2.80. The lowest BCUT2D eigenvalue weighted by atomic mass is 10.2. The number of hydrogen-bond donors (Lipinski definition) is 2. The molecule has 1 heterocycles. The number of carbonyl (C=O) groups excluding carboxylic acids is 2. The monoisotopic (exact) mass is 382 g/mol. The summed E-state index contributed by atoms with van der Waals surface area (Å²) in [5.41, 5.74) is 5.08. The second-order valence-corrected chi connectivity index (χ2v) is 4.85. The number of nitrogens with one attached hydrogen (secondary N) is 2. The average molecular weight is 382 g/mol. The van der Waals surface area contributed by atoms with Gasteiger partial charge in [0.2, 0.25) is 0 Å². The Kier molecular flexibility index (Phi) is 4.94. The van der Waals surface area contributed by atoms with Crippen LogP contribution in [-0.2, 0) is 4.79 Å². The van der Waals surface area contributed by atoms with Crippen LogP contribution in [0.4, 0.5) is 0 Å². The lowest BCUT2D eigenvalue weighted by Gasteiger charge is -2.04. The van der Waals surface area contributed by atoms with E-state index in [9.17, 15) is 9.59 Å². The number of benzene rings is 1. The Balaban J connectivity index is 1.83. The van der Waals surface area contributed by atoms with Gasteiger partial charge in [-0.3, -0.25) is 20.4 Å². The molecule has 2 rings (SSSR count). The van der Waals surface area contributed by atoms with Crippen LogP contribution in [0.3, 0.4) is 0 Å². The second-order valence-electron chi connectivity index (χ2n) is 3.78. The fourth-order valence-corrected chi connectivity index (χ4v) is 1.83. The summed E-state index contributed by atoms with van der Waals surface area (Å²) in [5.74, 6) is -0.250. The van der Waals surface area contributed by atoms with E-state index in [2.05, 4.69) is 10.9 Å². The van der Waals surface area contributed by atoms with Crippen LogP contribution in [0.1, 0.15) is 16.1 Å². The van der Waals surface area contributed by atoms with E-state index in [0.29, 0.717) is 11.3 Å². The number of carbonyl (C=O) groups is 2. The first-order valence-electron chi connectivity index (χ1n) is 5.74. The van der Waals surface area contributed by atoms with Gasteiger partial charge < -0.3 is 4.42 Å². The molecule has 0 aliphatic heterocycles. The van der Waals surface area contributed by atoms with Gasteiger partial charge in [-0.1, -0.05) is 18.2 Å². The minimum atomic E-state index is -0.444. The predicted molar refractivity (Wildman–Crippen MR) is 82.5 cm³/mol. The summed E-state index contributed by atoms with van der Waals surface area (Å²) >= 11 is 2.03. The van der Waals surface area contributed by atoms with Crippen molar-refractivity contribution in [2.75, 3.05) is 0 Å². The highest BCUT2D eigenvalue weighted by molar-refractivity contribution is 14.1. The second kappa shape index (κ2) is 6.90.